The first kappa shape index (κ1) is 18.5. The number of hydrogen-bond acceptors (Lipinski definition) is 3. The van der Waals surface area contributed by atoms with Crippen LogP contribution in [0.1, 0.15) is 29.8 Å². The molecular formula is C17H20BrN3O2S. The Hall–Kier alpha value is -1.86. The third kappa shape index (κ3) is 5.35. The molecule has 2 rings (SSSR count). The number of halogens is 1. The largest absolute Gasteiger partial charge is 0.352 e. The molecule has 1 atom stereocenters. The topological polar surface area (TPSA) is 75.4 Å². The van der Waals surface area contributed by atoms with Gasteiger partial charge in [-0.1, -0.05) is 30.3 Å². The Morgan fingerprint density at radius 2 is 1.96 bits per heavy atom. The Kier molecular flexibility index (Phi) is 6.81. The number of nitrogens with zero attached hydrogens (tertiary/aromatic N) is 1. The van der Waals surface area contributed by atoms with Gasteiger partial charge in [0, 0.05) is 11.4 Å². The van der Waals surface area contributed by atoms with Crippen molar-refractivity contribution in [1.82, 2.24) is 10.2 Å². The van der Waals surface area contributed by atoms with E-state index in [-0.39, 0.29) is 12.3 Å². The molecule has 1 heterocycles. The molecule has 0 saturated carbocycles. The summed E-state index contributed by atoms with van der Waals surface area (Å²) in [7, 11) is 0. The minimum Gasteiger partial charge on any atom is -0.352 e. The van der Waals surface area contributed by atoms with Crippen LogP contribution in [-0.2, 0) is 11.3 Å². The van der Waals surface area contributed by atoms with Crippen molar-refractivity contribution in [2.24, 2.45) is 5.73 Å². The highest BCUT2D eigenvalue weighted by atomic mass is 79.9. The van der Waals surface area contributed by atoms with Gasteiger partial charge in [-0.05, 0) is 40.5 Å². The lowest BCUT2D eigenvalue weighted by molar-refractivity contribution is -0.132. The van der Waals surface area contributed by atoms with Crippen molar-refractivity contribution in [3.05, 3.63) is 56.7 Å². The molecule has 24 heavy (non-hydrogen) atoms. The summed E-state index contributed by atoms with van der Waals surface area (Å²) >= 11 is 5.04. The van der Waals surface area contributed by atoms with Crippen molar-refractivity contribution < 1.29 is 9.59 Å². The van der Waals surface area contributed by atoms with Crippen LogP contribution in [0.3, 0.4) is 0 Å². The van der Waals surface area contributed by atoms with Crippen LogP contribution in [0.25, 0.3) is 0 Å². The summed E-state index contributed by atoms with van der Waals surface area (Å²) in [6.45, 7) is 3.11. The third-order valence-electron chi connectivity index (χ3n) is 3.61. The van der Waals surface area contributed by atoms with E-state index in [1.807, 2.05) is 49.4 Å². The van der Waals surface area contributed by atoms with Gasteiger partial charge in [0.25, 0.3) is 0 Å². The Balaban J connectivity index is 2.08. The zero-order valence-electron chi connectivity index (χ0n) is 13.4. The number of primary amides is 1. The van der Waals surface area contributed by atoms with Gasteiger partial charge >= 0.3 is 6.03 Å². The maximum Gasteiger partial charge on any atom is 0.312 e. The van der Waals surface area contributed by atoms with Gasteiger partial charge in [0.15, 0.2) is 0 Å². The minimum atomic E-state index is -0.637. The summed E-state index contributed by atoms with van der Waals surface area (Å²) in [6, 6.07) is 12.3. The lowest BCUT2D eigenvalue weighted by atomic mass is 10.0. The molecule has 1 aromatic carbocycles. The number of benzene rings is 1. The predicted molar refractivity (Wildman–Crippen MR) is 99.6 cm³/mol. The molecule has 3 N–H and O–H groups in total. The molecule has 0 fully saturated rings. The summed E-state index contributed by atoms with van der Waals surface area (Å²) in [6.07, 6.45) is 0.174. The predicted octanol–water partition coefficient (Wildman–Crippen LogP) is 3.66. The number of rotatable bonds is 7. The van der Waals surface area contributed by atoms with E-state index in [1.165, 1.54) is 0 Å². The molecule has 0 aliphatic carbocycles. The van der Waals surface area contributed by atoms with Crippen LogP contribution in [0.2, 0.25) is 0 Å². The smallest absolute Gasteiger partial charge is 0.312 e. The van der Waals surface area contributed by atoms with Gasteiger partial charge in [-0.15, -0.1) is 11.3 Å². The molecule has 0 spiro atoms. The Morgan fingerprint density at radius 1 is 1.25 bits per heavy atom. The van der Waals surface area contributed by atoms with E-state index in [0.717, 1.165) is 14.2 Å². The quantitative estimate of drug-likeness (QED) is 0.731. The van der Waals surface area contributed by atoms with Gasteiger partial charge in [-0.25, -0.2) is 4.79 Å². The summed E-state index contributed by atoms with van der Waals surface area (Å²) in [5.74, 6) is -0.0235. The molecule has 0 bridgehead atoms. The van der Waals surface area contributed by atoms with Crippen LogP contribution in [0.5, 0.6) is 0 Å². The second-order valence-corrected chi connectivity index (χ2v) is 7.84. The lowest BCUT2D eigenvalue weighted by Crippen LogP contribution is -2.38. The van der Waals surface area contributed by atoms with E-state index in [9.17, 15) is 9.59 Å². The van der Waals surface area contributed by atoms with Gasteiger partial charge in [0.1, 0.15) is 0 Å². The molecule has 0 aliphatic heterocycles. The fourth-order valence-corrected chi connectivity index (χ4v) is 3.91. The molecule has 1 aromatic heterocycles. The van der Waals surface area contributed by atoms with Gasteiger partial charge in [0.05, 0.1) is 22.8 Å². The summed E-state index contributed by atoms with van der Waals surface area (Å²) in [4.78, 5) is 26.8. The van der Waals surface area contributed by atoms with Crippen LogP contribution in [0.15, 0.2) is 46.3 Å². The van der Waals surface area contributed by atoms with Crippen LogP contribution in [-0.4, -0.2) is 23.4 Å². The van der Waals surface area contributed by atoms with Crippen molar-refractivity contribution in [3.63, 3.8) is 0 Å². The lowest BCUT2D eigenvalue weighted by Gasteiger charge is -2.24. The first-order valence-electron chi connectivity index (χ1n) is 7.62. The van der Waals surface area contributed by atoms with E-state index < -0.39 is 12.1 Å². The normalized spacial score (nSPS) is 11.8. The van der Waals surface area contributed by atoms with Gasteiger partial charge in [-0.2, -0.15) is 0 Å². The highest BCUT2D eigenvalue weighted by Crippen LogP contribution is 2.24. The Morgan fingerprint density at radius 3 is 2.50 bits per heavy atom. The molecule has 0 saturated heterocycles. The minimum absolute atomic E-state index is 0.0235. The van der Waals surface area contributed by atoms with E-state index in [0.29, 0.717) is 13.1 Å². The van der Waals surface area contributed by atoms with E-state index in [2.05, 4.69) is 21.2 Å². The van der Waals surface area contributed by atoms with Gasteiger partial charge in [-0.3, -0.25) is 4.79 Å². The maximum atomic E-state index is 12.7. The summed E-state index contributed by atoms with van der Waals surface area (Å²) in [5, 5.41) is 2.66. The fraction of sp³-hybridized carbons (Fsp3) is 0.294. The molecule has 2 aromatic rings. The summed E-state index contributed by atoms with van der Waals surface area (Å²) in [5.41, 5.74) is 6.12. The standard InChI is InChI=1S/C17H20BrN3O2S/c1-2-21(11-13-8-9-15(18)24-13)16(22)10-14(20-17(19)23)12-6-4-3-5-7-12/h3-9,14H,2,10-11H2,1H3,(H3,19,20,23)/t14-/m1/s1. The zero-order valence-corrected chi connectivity index (χ0v) is 15.8. The molecule has 3 amide bonds. The van der Waals surface area contributed by atoms with E-state index in [1.54, 1.807) is 16.2 Å². The monoisotopic (exact) mass is 409 g/mol. The highest BCUT2D eigenvalue weighted by Gasteiger charge is 2.21. The van der Waals surface area contributed by atoms with E-state index in [4.69, 9.17) is 5.73 Å². The number of nitrogens with one attached hydrogen (secondary N) is 1. The van der Waals surface area contributed by atoms with E-state index >= 15 is 0 Å². The third-order valence-corrected chi connectivity index (χ3v) is 5.22. The fourth-order valence-electron chi connectivity index (χ4n) is 2.41. The summed E-state index contributed by atoms with van der Waals surface area (Å²) < 4.78 is 1.04. The highest BCUT2D eigenvalue weighted by molar-refractivity contribution is 9.11. The molecule has 5 nitrogen and oxygen atoms in total. The van der Waals surface area contributed by atoms with Crippen LogP contribution < -0.4 is 11.1 Å². The zero-order chi connectivity index (χ0) is 17.5. The number of thiophene rings is 1. The number of carbonyl (C=O) groups is 2. The van der Waals surface area contributed by atoms with Crippen LogP contribution >= 0.6 is 27.3 Å². The van der Waals surface area contributed by atoms with Gasteiger partial charge in [0.2, 0.25) is 5.91 Å². The average Bonchev–Trinajstić information content (AvgIpc) is 2.97. The molecule has 0 unspecified atom stereocenters. The maximum absolute atomic E-state index is 12.7. The molecule has 7 heteroatoms. The van der Waals surface area contributed by atoms with Crippen molar-refractivity contribution >= 4 is 39.2 Å². The average molecular weight is 410 g/mol. The van der Waals surface area contributed by atoms with Crippen molar-refractivity contribution in [1.29, 1.82) is 0 Å². The van der Waals surface area contributed by atoms with Crippen molar-refractivity contribution in [2.75, 3.05) is 6.54 Å². The molecular weight excluding hydrogens is 390 g/mol. The number of nitrogens with two attached hydrogens (primary N) is 1. The van der Waals surface area contributed by atoms with Crippen molar-refractivity contribution in [3.8, 4) is 0 Å². The number of urea groups is 1. The first-order valence-corrected chi connectivity index (χ1v) is 9.23. The number of amides is 3. The van der Waals surface area contributed by atoms with Crippen LogP contribution in [0, 0.1) is 0 Å². The van der Waals surface area contributed by atoms with Crippen molar-refractivity contribution in [2.45, 2.75) is 25.9 Å². The second-order valence-electron chi connectivity index (χ2n) is 5.29. The first-order chi connectivity index (χ1) is 11.5. The van der Waals surface area contributed by atoms with Crippen LogP contribution in [0.4, 0.5) is 4.79 Å². The molecule has 0 radical (unpaired) electrons. The molecule has 128 valence electrons. The second kappa shape index (κ2) is 8.84. The number of carbonyl (C=O) groups excluding carboxylic acids is 2. The SMILES string of the molecule is CCN(Cc1ccc(Br)s1)C(=O)C[C@@H](NC(N)=O)c1ccccc1. The number of hydrogen-bond donors (Lipinski definition) is 2. The Bertz CT molecular complexity index is 690. The Labute approximate surface area is 154 Å². The molecule has 0 aliphatic rings. The van der Waals surface area contributed by atoms with Gasteiger partial charge < -0.3 is 16.0 Å².